The zero-order valence-corrected chi connectivity index (χ0v) is 18.1. The largest absolute Gasteiger partial charge is 0.496 e. The van der Waals surface area contributed by atoms with Gasteiger partial charge in [0, 0.05) is 32.3 Å². The van der Waals surface area contributed by atoms with Crippen molar-refractivity contribution >= 4 is 15.9 Å². The Hall–Kier alpha value is -3.17. The molecule has 162 valence electrons. The fourth-order valence-electron chi connectivity index (χ4n) is 3.88. The van der Waals surface area contributed by atoms with E-state index in [0.717, 1.165) is 5.56 Å². The van der Waals surface area contributed by atoms with Crippen LogP contribution < -0.4 is 10.1 Å². The van der Waals surface area contributed by atoms with Gasteiger partial charge in [-0.1, -0.05) is 42.5 Å². The molecule has 2 atom stereocenters. The molecule has 0 saturated carbocycles. The third-order valence-electron chi connectivity index (χ3n) is 5.47. The van der Waals surface area contributed by atoms with Gasteiger partial charge < -0.3 is 14.6 Å². The number of sulfonamides is 1. The van der Waals surface area contributed by atoms with E-state index >= 15 is 0 Å². The highest BCUT2D eigenvalue weighted by Crippen LogP contribution is 2.31. The van der Waals surface area contributed by atoms with Gasteiger partial charge in [-0.05, 0) is 17.7 Å². The zero-order chi connectivity index (χ0) is 22.0. The van der Waals surface area contributed by atoms with Crippen LogP contribution in [0, 0.1) is 0 Å². The summed E-state index contributed by atoms with van der Waals surface area (Å²) in [7, 11) is -0.549. The van der Waals surface area contributed by atoms with Crippen molar-refractivity contribution in [2.24, 2.45) is 7.05 Å². The van der Waals surface area contributed by atoms with Gasteiger partial charge in [-0.15, -0.1) is 0 Å². The number of benzene rings is 2. The Kier molecular flexibility index (Phi) is 5.79. The van der Waals surface area contributed by atoms with Crippen LogP contribution in [0.1, 0.15) is 21.8 Å². The van der Waals surface area contributed by atoms with Crippen LogP contribution >= 0.6 is 0 Å². The second-order valence-electron chi connectivity index (χ2n) is 7.50. The van der Waals surface area contributed by atoms with E-state index in [4.69, 9.17) is 4.74 Å². The molecule has 1 amide bonds. The second kappa shape index (κ2) is 8.52. The summed E-state index contributed by atoms with van der Waals surface area (Å²) in [6.07, 6.45) is 2.94. The van der Waals surface area contributed by atoms with E-state index < -0.39 is 16.1 Å². The van der Waals surface area contributed by atoms with E-state index in [-0.39, 0.29) is 29.9 Å². The maximum absolute atomic E-state index is 13.1. The number of hydrogen-bond donors (Lipinski definition) is 1. The van der Waals surface area contributed by atoms with Crippen LogP contribution in [0.4, 0.5) is 0 Å². The number of aryl methyl sites for hydroxylation is 1. The van der Waals surface area contributed by atoms with Gasteiger partial charge in [0.25, 0.3) is 15.9 Å². The summed E-state index contributed by atoms with van der Waals surface area (Å²) in [5.41, 5.74) is 1.37. The summed E-state index contributed by atoms with van der Waals surface area (Å²) in [6, 6.07) is 16.2. The van der Waals surface area contributed by atoms with Gasteiger partial charge in [0.1, 0.15) is 5.75 Å². The highest BCUT2D eigenvalue weighted by molar-refractivity contribution is 7.89. The van der Waals surface area contributed by atoms with Gasteiger partial charge in [-0.2, -0.15) is 4.31 Å². The summed E-state index contributed by atoms with van der Waals surface area (Å²) in [6.45, 7) is 0.402. The van der Waals surface area contributed by atoms with Crippen molar-refractivity contribution in [3.8, 4) is 5.75 Å². The molecule has 0 aliphatic carbocycles. The number of carbonyl (C=O) groups is 1. The van der Waals surface area contributed by atoms with Gasteiger partial charge in [0.2, 0.25) is 0 Å². The molecule has 0 spiro atoms. The first-order chi connectivity index (χ1) is 14.9. The normalized spacial score (nSPS) is 19.3. The number of methoxy groups -OCH3 is 1. The van der Waals surface area contributed by atoms with E-state index in [1.54, 1.807) is 35.9 Å². The van der Waals surface area contributed by atoms with Crippen LogP contribution in [0.2, 0.25) is 0 Å². The van der Waals surface area contributed by atoms with E-state index in [1.165, 1.54) is 23.9 Å². The summed E-state index contributed by atoms with van der Waals surface area (Å²) in [4.78, 5) is 17.0. The first-order valence-electron chi connectivity index (χ1n) is 9.87. The Balaban J connectivity index is 1.63. The molecule has 1 aliphatic heterocycles. The molecule has 1 aliphatic rings. The Bertz CT molecular complexity index is 1180. The average Bonchev–Trinajstić information content (AvgIpc) is 3.41. The SMILES string of the molecule is COc1ccccc1C(=O)NC1CN(S(=O)(=O)c2cn(C)cn2)CC1c1ccccc1. The minimum Gasteiger partial charge on any atom is -0.496 e. The Morgan fingerprint density at radius 1 is 1.10 bits per heavy atom. The highest BCUT2D eigenvalue weighted by Gasteiger charge is 2.41. The van der Waals surface area contributed by atoms with Gasteiger partial charge in [0.05, 0.1) is 25.0 Å². The molecule has 8 nitrogen and oxygen atoms in total. The van der Waals surface area contributed by atoms with E-state index in [1.807, 2.05) is 30.3 Å². The van der Waals surface area contributed by atoms with Crippen molar-refractivity contribution < 1.29 is 17.9 Å². The minimum absolute atomic E-state index is 0.00137. The van der Waals surface area contributed by atoms with Crippen molar-refractivity contribution in [2.45, 2.75) is 17.0 Å². The van der Waals surface area contributed by atoms with Crippen molar-refractivity contribution in [1.29, 1.82) is 0 Å². The maximum atomic E-state index is 13.1. The smallest absolute Gasteiger partial charge is 0.262 e. The lowest BCUT2D eigenvalue weighted by molar-refractivity contribution is 0.0933. The number of nitrogens with zero attached hydrogens (tertiary/aromatic N) is 3. The van der Waals surface area contributed by atoms with Crippen LogP contribution in [0.15, 0.2) is 72.1 Å². The lowest BCUT2D eigenvalue weighted by atomic mass is 9.94. The van der Waals surface area contributed by atoms with Gasteiger partial charge in [0.15, 0.2) is 5.03 Å². The maximum Gasteiger partial charge on any atom is 0.262 e. The first-order valence-corrected chi connectivity index (χ1v) is 11.3. The molecular weight excluding hydrogens is 416 g/mol. The molecule has 1 fully saturated rings. The summed E-state index contributed by atoms with van der Waals surface area (Å²) < 4.78 is 34.6. The number of rotatable bonds is 6. The highest BCUT2D eigenvalue weighted by atomic mass is 32.2. The summed E-state index contributed by atoms with van der Waals surface area (Å²) >= 11 is 0. The number of amides is 1. The summed E-state index contributed by atoms with van der Waals surface area (Å²) in [5.74, 6) is -0.0361. The number of ether oxygens (including phenoxy) is 1. The minimum atomic E-state index is -3.78. The first kappa shape index (κ1) is 21.1. The molecule has 9 heteroatoms. The lowest BCUT2D eigenvalue weighted by Crippen LogP contribution is -2.40. The Morgan fingerprint density at radius 2 is 1.81 bits per heavy atom. The third kappa shape index (κ3) is 4.19. The van der Waals surface area contributed by atoms with Gasteiger partial charge in [-0.3, -0.25) is 4.79 Å². The van der Waals surface area contributed by atoms with Gasteiger partial charge in [-0.25, -0.2) is 13.4 Å². The van der Waals surface area contributed by atoms with Crippen LogP contribution in [0.3, 0.4) is 0 Å². The Morgan fingerprint density at radius 3 is 2.48 bits per heavy atom. The fraction of sp³-hybridized carbons (Fsp3) is 0.273. The van der Waals surface area contributed by atoms with Crippen molar-refractivity contribution in [3.05, 3.63) is 78.2 Å². The van der Waals surface area contributed by atoms with E-state index in [0.29, 0.717) is 11.3 Å². The molecule has 4 rings (SSSR count). The Labute approximate surface area is 181 Å². The standard InChI is InChI=1S/C22H24N4O4S/c1-25-14-21(23-15-25)31(28,29)26-12-18(16-8-4-3-5-9-16)19(13-26)24-22(27)17-10-6-7-11-20(17)30-2/h3-11,14-15,18-19H,12-13H2,1-2H3,(H,24,27). The predicted molar refractivity (Wildman–Crippen MR) is 115 cm³/mol. The number of nitrogens with one attached hydrogen (secondary N) is 1. The molecule has 3 aromatic rings. The van der Waals surface area contributed by atoms with E-state index in [2.05, 4.69) is 10.3 Å². The van der Waals surface area contributed by atoms with Crippen molar-refractivity contribution in [3.63, 3.8) is 0 Å². The van der Waals surface area contributed by atoms with E-state index in [9.17, 15) is 13.2 Å². The molecule has 1 N–H and O–H groups in total. The predicted octanol–water partition coefficient (Wildman–Crippen LogP) is 2.02. The third-order valence-corrected chi connectivity index (χ3v) is 7.18. The number of para-hydroxylation sites is 1. The fourth-order valence-corrected chi connectivity index (χ4v) is 5.34. The number of aromatic nitrogens is 2. The van der Waals surface area contributed by atoms with Gasteiger partial charge >= 0.3 is 0 Å². The topological polar surface area (TPSA) is 93.5 Å². The van der Waals surface area contributed by atoms with Crippen LogP contribution in [-0.4, -0.2) is 54.4 Å². The van der Waals surface area contributed by atoms with Crippen LogP contribution in [0.5, 0.6) is 5.75 Å². The number of carbonyl (C=O) groups excluding carboxylic acids is 1. The second-order valence-corrected chi connectivity index (χ2v) is 9.38. The van der Waals surface area contributed by atoms with Crippen molar-refractivity contribution in [2.75, 3.05) is 20.2 Å². The molecule has 2 heterocycles. The zero-order valence-electron chi connectivity index (χ0n) is 17.3. The monoisotopic (exact) mass is 440 g/mol. The quantitative estimate of drug-likeness (QED) is 0.633. The van der Waals surface area contributed by atoms with Crippen molar-refractivity contribution in [1.82, 2.24) is 19.2 Å². The average molecular weight is 441 g/mol. The lowest BCUT2D eigenvalue weighted by Gasteiger charge is -2.20. The molecule has 0 bridgehead atoms. The molecule has 1 saturated heterocycles. The number of hydrogen-bond acceptors (Lipinski definition) is 5. The molecule has 0 radical (unpaired) electrons. The molecule has 2 aromatic carbocycles. The number of imidazole rings is 1. The molecule has 1 aromatic heterocycles. The molecule has 31 heavy (non-hydrogen) atoms. The molecular formula is C22H24N4O4S. The van der Waals surface area contributed by atoms with Crippen LogP contribution in [0.25, 0.3) is 0 Å². The van der Waals surface area contributed by atoms with Crippen LogP contribution in [-0.2, 0) is 17.1 Å². The molecule has 2 unspecified atom stereocenters. The summed E-state index contributed by atoms with van der Waals surface area (Å²) in [5, 5.41) is 3.03.